The first kappa shape index (κ1) is 7.10. The Kier molecular flexibility index (Phi) is 1.60. The average Bonchev–Trinajstić information content (AvgIpc) is 2.30. The van der Waals surface area contributed by atoms with Gasteiger partial charge in [-0.15, -0.1) is 0 Å². The Bertz CT molecular complexity index is 169. The molecule has 3 heteroatoms. The van der Waals surface area contributed by atoms with Crippen LogP contribution >= 0.6 is 0 Å². The van der Waals surface area contributed by atoms with Gasteiger partial charge in [0.05, 0.1) is 5.92 Å². The largest absolute Gasteiger partial charge is 0.481 e. The molecule has 3 nitrogen and oxygen atoms in total. The number of aliphatic carboxylic acids is 1. The third-order valence-electron chi connectivity index (χ3n) is 2.85. The zero-order valence-electron chi connectivity index (χ0n) is 6.42. The van der Waals surface area contributed by atoms with Crippen molar-refractivity contribution in [2.24, 2.45) is 11.8 Å². The van der Waals surface area contributed by atoms with E-state index in [-0.39, 0.29) is 5.92 Å². The van der Waals surface area contributed by atoms with Crippen LogP contribution in [0.1, 0.15) is 19.3 Å². The normalized spacial score (nSPS) is 42.4. The highest BCUT2D eigenvalue weighted by Gasteiger charge is 2.36. The second kappa shape index (κ2) is 2.48. The Balaban J connectivity index is 2.02. The summed E-state index contributed by atoms with van der Waals surface area (Å²) in [5.74, 6) is -0.0491. The lowest BCUT2D eigenvalue weighted by Gasteiger charge is -2.23. The molecule has 1 aliphatic heterocycles. The molecular weight excluding hydrogens is 142 g/mol. The molecule has 0 spiro atoms. The van der Waals surface area contributed by atoms with Crippen LogP contribution < -0.4 is 5.32 Å². The van der Waals surface area contributed by atoms with Crippen molar-refractivity contribution in [3.63, 3.8) is 0 Å². The second-order valence-electron chi connectivity index (χ2n) is 3.71. The van der Waals surface area contributed by atoms with E-state index in [0.717, 1.165) is 19.4 Å². The van der Waals surface area contributed by atoms with Crippen molar-refractivity contribution < 1.29 is 9.90 Å². The van der Waals surface area contributed by atoms with Crippen LogP contribution in [-0.2, 0) is 4.79 Å². The van der Waals surface area contributed by atoms with Crippen LogP contribution in [0.2, 0.25) is 0 Å². The molecule has 2 N–H and O–H groups in total. The number of carboxylic acid groups (broad SMARTS) is 1. The molecule has 1 aliphatic carbocycles. The van der Waals surface area contributed by atoms with E-state index < -0.39 is 5.97 Å². The van der Waals surface area contributed by atoms with E-state index in [1.807, 2.05) is 0 Å². The number of carbonyl (C=O) groups is 1. The minimum atomic E-state index is -0.608. The van der Waals surface area contributed by atoms with Gasteiger partial charge in [-0.2, -0.15) is 0 Å². The molecule has 2 bridgehead atoms. The molecule has 1 saturated carbocycles. The van der Waals surface area contributed by atoms with Crippen LogP contribution in [0.15, 0.2) is 0 Å². The second-order valence-corrected chi connectivity index (χ2v) is 3.71. The summed E-state index contributed by atoms with van der Waals surface area (Å²) < 4.78 is 0. The van der Waals surface area contributed by atoms with Crippen LogP contribution in [0, 0.1) is 11.8 Å². The van der Waals surface area contributed by atoms with Crippen molar-refractivity contribution in [3.8, 4) is 0 Å². The van der Waals surface area contributed by atoms with Crippen molar-refractivity contribution >= 4 is 5.97 Å². The van der Waals surface area contributed by atoms with Crippen LogP contribution in [0.5, 0.6) is 0 Å². The summed E-state index contributed by atoms with van der Waals surface area (Å²) in [4.78, 5) is 10.6. The monoisotopic (exact) mass is 155 g/mol. The van der Waals surface area contributed by atoms with Gasteiger partial charge in [-0.1, -0.05) is 0 Å². The van der Waals surface area contributed by atoms with Crippen molar-refractivity contribution in [3.05, 3.63) is 0 Å². The van der Waals surface area contributed by atoms with E-state index in [1.54, 1.807) is 0 Å². The summed E-state index contributed by atoms with van der Waals surface area (Å²) in [6.45, 7) is 1.04. The van der Waals surface area contributed by atoms with E-state index in [2.05, 4.69) is 5.32 Å². The molecule has 1 heterocycles. The van der Waals surface area contributed by atoms with Crippen LogP contribution in [0.3, 0.4) is 0 Å². The Morgan fingerprint density at radius 1 is 1.36 bits per heavy atom. The first-order valence-electron chi connectivity index (χ1n) is 4.22. The number of rotatable bonds is 1. The summed E-state index contributed by atoms with van der Waals surface area (Å²) in [5, 5.41) is 12.1. The van der Waals surface area contributed by atoms with Crippen LogP contribution in [-0.4, -0.2) is 23.7 Å². The highest BCUT2D eigenvalue weighted by Crippen LogP contribution is 2.33. The first-order valence-corrected chi connectivity index (χ1v) is 4.22. The lowest BCUT2D eigenvalue weighted by atomic mass is 9.82. The smallest absolute Gasteiger partial charge is 0.306 e. The summed E-state index contributed by atoms with van der Waals surface area (Å²) in [6, 6.07) is 0.495. The third-order valence-corrected chi connectivity index (χ3v) is 2.85. The predicted molar refractivity (Wildman–Crippen MR) is 40.3 cm³/mol. The molecule has 2 rings (SSSR count). The van der Waals surface area contributed by atoms with E-state index in [9.17, 15) is 4.79 Å². The van der Waals surface area contributed by atoms with Crippen LogP contribution in [0.4, 0.5) is 0 Å². The van der Waals surface area contributed by atoms with Gasteiger partial charge in [-0.25, -0.2) is 0 Å². The maximum Gasteiger partial charge on any atom is 0.306 e. The fourth-order valence-corrected chi connectivity index (χ4v) is 2.31. The van der Waals surface area contributed by atoms with Gasteiger partial charge in [0, 0.05) is 6.04 Å². The molecule has 0 unspecified atom stereocenters. The summed E-state index contributed by atoms with van der Waals surface area (Å²) >= 11 is 0. The van der Waals surface area contributed by atoms with E-state index >= 15 is 0 Å². The molecule has 0 aromatic heterocycles. The molecule has 0 amide bonds. The SMILES string of the molecule is O=C(O)[C@@H]1C[C@H]2CN[C@H](C2)C1. The van der Waals surface area contributed by atoms with Gasteiger partial charge < -0.3 is 10.4 Å². The Morgan fingerprint density at radius 2 is 2.18 bits per heavy atom. The van der Waals surface area contributed by atoms with Crippen molar-refractivity contribution in [1.29, 1.82) is 0 Å². The van der Waals surface area contributed by atoms with Gasteiger partial charge in [0.1, 0.15) is 0 Å². The number of nitrogens with one attached hydrogen (secondary N) is 1. The van der Waals surface area contributed by atoms with Gasteiger partial charge in [0.2, 0.25) is 0 Å². The first-order chi connectivity index (χ1) is 5.25. The highest BCUT2D eigenvalue weighted by molar-refractivity contribution is 5.70. The number of carboxylic acids is 1. The van der Waals surface area contributed by atoms with Crippen molar-refractivity contribution in [1.82, 2.24) is 5.32 Å². The fraction of sp³-hybridized carbons (Fsp3) is 0.875. The average molecular weight is 155 g/mol. The third kappa shape index (κ3) is 1.25. The Morgan fingerprint density at radius 3 is 2.82 bits per heavy atom. The molecule has 11 heavy (non-hydrogen) atoms. The molecule has 1 saturated heterocycles. The van der Waals surface area contributed by atoms with Gasteiger partial charge in [-0.3, -0.25) is 4.79 Å². The number of hydrogen-bond acceptors (Lipinski definition) is 2. The molecule has 2 aliphatic rings. The van der Waals surface area contributed by atoms with Gasteiger partial charge in [0.25, 0.3) is 0 Å². The molecule has 3 atom stereocenters. The molecule has 0 aromatic carbocycles. The predicted octanol–water partition coefficient (Wildman–Crippen LogP) is 0.459. The topological polar surface area (TPSA) is 49.3 Å². The quantitative estimate of drug-likeness (QED) is 0.578. The molecule has 62 valence electrons. The van der Waals surface area contributed by atoms with Crippen molar-refractivity contribution in [2.45, 2.75) is 25.3 Å². The van der Waals surface area contributed by atoms with E-state index in [0.29, 0.717) is 12.0 Å². The molecule has 0 radical (unpaired) electrons. The molecule has 2 fully saturated rings. The van der Waals surface area contributed by atoms with Gasteiger partial charge in [0.15, 0.2) is 0 Å². The lowest BCUT2D eigenvalue weighted by molar-refractivity contribution is -0.143. The van der Waals surface area contributed by atoms with Gasteiger partial charge >= 0.3 is 5.97 Å². The maximum atomic E-state index is 10.6. The minimum Gasteiger partial charge on any atom is -0.481 e. The number of hydrogen-bond donors (Lipinski definition) is 2. The summed E-state index contributed by atoms with van der Waals surface area (Å²) in [5.41, 5.74) is 0. The van der Waals surface area contributed by atoms with E-state index in [1.165, 1.54) is 6.42 Å². The zero-order chi connectivity index (χ0) is 7.84. The van der Waals surface area contributed by atoms with Crippen molar-refractivity contribution in [2.75, 3.05) is 6.54 Å². The Labute approximate surface area is 65.8 Å². The van der Waals surface area contributed by atoms with Gasteiger partial charge in [-0.05, 0) is 31.7 Å². The minimum absolute atomic E-state index is 0.0752. The maximum absolute atomic E-state index is 10.6. The standard InChI is InChI=1S/C8H13NO2/c10-8(11)6-1-5-2-7(3-6)9-4-5/h5-7,9H,1-4H2,(H,10,11)/t5-,6-,7-/m1/s1. The number of fused-ring (bicyclic) bond motifs is 2. The zero-order valence-corrected chi connectivity index (χ0v) is 6.42. The highest BCUT2D eigenvalue weighted by atomic mass is 16.4. The van der Waals surface area contributed by atoms with Crippen LogP contribution in [0.25, 0.3) is 0 Å². The summed E-state index contributed by atoms with van der Waals surface area (Å²) in [6.07, 6.45) is 2.93. The van der Waals surface area contributed by atoms with E-state index in [4.69, 9.17) is 5.11 Å². The fourth-order valence-electron chi connectivity index (χ4n) is 2.31. The molecular formula is C8H13NO2. The Hall–Kier alpha value is -0.570. The summed E-state index contributed by atoms with van der Waals surface area (Å²) in [7, 11) is 0. The lowest BCUT2D eigenvalue weighted by Crippen LogP contribution is -2.28. The molecule has 0 aromatic rings.